The van der Waals surface area contributed by atoms with Gasteiger partial charge < -0.3 is 10.1 Å². The molecule has 1 amide bonds. The third-order valence-electron chi connectivity index (χ3n) is 2.93. The molecular weight excluding hydrogens is 403 g/mol. The van der Waals surface area contributed by atoms with E-state index in [4.69, 9.17) is 4.74 Å². The number of methoxy groups -OCH3 is 1. The Morgan fingerprint density at radius 2 is 1.92 bits per heavy atom. The molecule has 0 heterocycles. The molecule has 0 atom stereocenters. The molecule has 2 aromatic rings. The zero-order valence-electron chi connectivity index (χ0n) is 12.8. The number of carbonyl (C=O) groups is 1. The van der Waals surface area contributed by atoms with E-state index in [0.717, 1.165) is 6.26 Å². The van der Waals surface area contributed by atoms with Crippen LogP contribution in [0.1, 0.15) is 10.4 Å². The summed E-state index contributed by atoms with van der Waals surface area (Å²) in [5, 5.41) is 2.61. The number of benzene rings is 2. The number of amides is 1. The highest BCUT2D eigenvalue weighted by Crippen LogP contribution is 2.29. The fourth-order valence-electron chi connectivity index (χ4n) is 1.94. The lowest BCUT2D eigenvalue weighted by Crippen LogP contribution is -2.14. The fourth-order valence-corrected chi connectivity index (χ4v) is 3.03. The van der Waals surface area contributed by atoms with Crippen LogP contribution in [0, 0.1) is 5.82 Å². The van der Waals surface area contributed by atoms with Gasteiger partial charge in [-0.05, 0) is 52.3 Å². The van der Waals surface area contributed by atoms with Gasteiger partial charge in [-0.25, -0.2) is 12.8 Å². The molecule has 0 fully saturated rings. The van der Waals surface area contributed by atoms with E-state index in [1.165, 1.54) is 37.4 Å². The molecule has 9 heteroatoms. The van der Waals surface area contributed by atoms with Crippen LogP contribution in [0.3, 0.4) is 0 Å². The van der Waals surface area contributed by atoms with E-state index in [-0.39, 0.29) is 11.3 Å². The Hall–Kier alpha value is -2.13. The summed E-state index contributed by atoms with van der Waals surface area (Å²) in [7, 11) is -2.11. The first-order valence-corrected chi connectivity index (χ1v) is 9.30. The lowest BCUT2D eigenvalue weighted by molar-refractivity contribution is 0.102. The van der Waals surface area contributed by atoms with Crippen LogP contribution in [0.25, 0.3) is 0 Å². The molecule has 0 saturated carbocycles. The SMILES string of the molecule is COc1ccc(NC(=O)c2ccc(F)cc2Br)cc1NS(C)(=O)=O. The molecule has 0 aliphatic rings. The molecule has 0 bridgehead atoms. The summed E-state index contributed by atoms with van der Waals surface area (Å²) in [6.45, 7) is 0. The number of carbonyl (C=O) groups excluding carboxylic acids is 1. The minimum Gasteiger partial charge on any atom is -0.495 e. The molecule has 128 valence electrons. The van der Waals surface area contributed by atoms with Crippen molar-refractivity contribution in [3.8, 4) is 5.75 Å². The Bertz CT molecular complexity index is 887. The second-order valence-electron chi connectivity index (χ2n) is 4.87. The van der Waals surface area contributed by atoms with Crippen LogP contribution in [-0.4, -0.2) is 27.7 Å². The van der Waals surface area contributed by atoms with E-state index in [0.29, 0.717) is 15.9 Å². The topological polar surface area (TPSA) is 84.5 Å². The number of nitrogens with one attached hydrogen (secondary N) is 2. The minimum atomic E-state index is -3.51. The molecule has 2 N–H and O–H groups in total. The molecular formula is C15H14BrFN2O4S. The summed E-state index contributed by atoms with van der Waals surface area (Å²) >= 11 is 3.13. The van der Waals surface area contributed by atoms with E-state index >= 15 is 0 Å². The molecule has 0 aromatic heterocycles. The van der Waals surface area contributed by atoms with E-state index in [1.807, 2.05) is 0 Å². The summed E-state index contributed by atoms with van der Waals surface area (Å²) in [5.74, 6) is -0.638. The van der Waals surface area contributed by atoms with Crippen LogP contribution in [0.2, 0.25) is 0 Å². The first kappa shape index (κ1) is 18.2. The van der Waals surface area contributed by atoms with Crippen molar-refractivity contribution in [1.29, 1.82) is 0 Å². The van der Waals surface area contributed by atoms with Crippen molar-refractivity contribution in [3.63, 3.8) is 0 Å². The molecule has 6 nitrogen and oxygen atoms in total. The van der Waals surface area contributed by atoms with Gasteiger partial charge in [-0.15, -0.1) is 0 Å². The highest BCUT2D eigenvalue weighted by molar-refractivity contribution is 9.10. The number of sulfonamides is 1. The summed E-state index contributed by atoms with van der Waals surface area (Å²) in [6.07, 6.45) is 1.01. The van der Waals surface area contributed by atoms with Crippen molar-refractivity contribution >= 4 is 43.2 Å². The molecule has 0 radical (unpaired) electrons. The highest BCUT2D eigenvalue weighted by atomic mass is 79.9. The van der Waals surface area contributed by atoms with E-state index in [9.17, 15) is 17.6 Å². The number of hydrogen-bond acceptors (Lipinski definition) is 4. The maximum Gasteiger partial charge on any atom is 0.256 e. The predicted molar refractivity (Wildman–Crippen MR) is 93.5 cm³/mol. The zero-order chi connectivity index (χ0) is 17.9. The normalized spacial score (nSPS) is 11.0. The van der Waals surface area contributed by atoms with Crippen molar-refractivity contribution in [3.05, 3.63) is 52.3 Å². The number of hydrogen-bond donors (Lipinski definition) is 2. The van der Waals surface area contributed by atoms with Gasteiger partial charge in [0.1, 0.15) is 11.6 Å². The Morgan fingerprint density at radius 1 is 1.21 bits per heavy atom. The Kier molecular flexibility index (Phi) is 5.45. The van der Waals surface area contributed by atoms with Crippen LogP contribution in [0.4, 0.5) is 15.8 Å². The van der Waals surface area contributed by atoms with Gasteiger partial charge in [0.2, 0.25) is 10.0 Å². The third-order valence-corrected chi connectivity index (χ3v) is 4.18. The van der Waals surface area contributed by atoms with Gasteiger partial charge in [0.05, 0.1) is 24.6 Å². The van der Waals surface area contributed by atoms with Crippen molar-refractivity contribution < 1.29 is 22.3 Å². The van der Waals surface area contributed by atoms with Crippen molar-refractivity contribution in [2.45, 2.75) is 0 Å². The summed E-state index contributed by atoms with van der Waals surface area (Å²) in [4.78, 5) is 12.3. The largest absolute Gasteiger partial charge is 0.495 e. The van der Waals surface area contributed by atoms with E-state index in [2.05, 4.69) is 26.0 Å². The second kappa shape index (κ2) is 7.18. The van der Waals surface area contributed by atoms with Crippen LogP contribution in [-0.2, 0) is 10.0 Å². The van der Waals surface area contributed by atoms with Crippen LogP contribution < -0.4 is 14.8 Å². The third kappa shape index (κ3) is 4.68. The van der Waals surface area contributed by atoms with Gasteiger partial charge in [0, 0.05) is 10.2 Å². The smallest absolute Gasteiger partial charge is 0.256 e. The summed E-state index contributed by atoms with van der Waals surface area (Å²) in [6, 6.07) is 8.19. The van der Waals surface area contributed by atoms with Gasteiger partial charge in [-0.2, -0.15) is 0 Å². The van der Waals surface area contributed by atoms with E-state index < -0.39 is 21.7 Å². The average Bonchev–Trinajstić information content (AvgIpc) is 2.45. The maximum atomic E-state index is 13.1. The van der Waals surface area contributed by atoms with E-state index in [1.54, 1.807) is 6.07 Å². The highest BCUT2D eigenvalue weighted by Gasteiger charge is 2.14. The zero-order valence-corrected chi connectivity index (χ0v) is 15.2. The quantitative estimate of drug-likeness (QED) is 0.783. The molecule has 0 spiro atoms. The van der Waals surface area contributed by atoms with Crippen LogP contribution >= 0.6 is 15.9 Å². The average molecular weight is 417 g/mol. The first-order valence-electron chi connectivity index (χ1n) is 6.62. The van der Waals surface area contributed by atoms with Gasteiger partial charge >= 0.3 is 0 Å². The minimum absolute atomic E-state index is 0.191. The van der Waals surface area contributed by atoms with Gasteiger partial charge in [-0.3, -0.25) is 9.52 Å². The van der Waals surface area contributed by atoms with Crippen LogP contribution in [0.5, 0.6) is 5.75 Å². The standard InChI is InChI=1S/C15H14BrFN2O4S/c1-23-14-6-4-10(8-13(14)19-24(2,21)22)18-15(20)11-5-3-9(17)7-12(11)16/h3-8,19H,1-2H3,(H,18,20). The molecule has 0 aliphatic heterocycles. The fraction of sp³-hybridized carbons (Fsp3) is 0.133. The maximum absolute atomic E-state index is 13.1. The number of rotatable bonds is 5. The number of anilines is 2. The van der Waals surface area contributed by atoms with Crippen molar-refractivity contribution in [1.82, 2.24) is 0 Å². The Labute approximate surface area is 147 Å². The summed E-state index contributed by atoms with van der Waals surface area (Å²) < 4.78 is 43.6. The number of ether oxygens (including phenoxy) is 1. The lowest BCUT2D eigenvalue weighted by atomic mass is 10.2. The molecule has 2 rings (SSSR count). The van der Waals surface area contributed by atoms with Gasteiger partial charge in [-0.1, -0.05) is 0 Å². The van der Waals surface area contributed by atoms with Gasteiger partial charge in [0.25, 0.3) is 5.91 Å². The molecule has 0 saturated heterocycles. The Morgan fingerprint density at radius 3 is 2.50 bits per heavy atom. The lowest BCUT2D eigenvalue weighted by Gasteiger charge is -2.13. The molecule has 2 aromatic carbocycles. The molecule has 24 heavy (non-hydrogen) atoms. The van der Waals surface area contributed by atoms with Crippen molar-refractivity contribution in [2.24, 2.45) is 0 Å². The molecule has 0 aliphatic carbocycles. The molecule has 0 unspecified atom stereocenters. The number of halogens is 2. The second-order valence-corrected chi connectivity index (χ2v) is 7.47. The summed E-state index contributed by atoms with van der Waals surface area (Å²) in [5.41, 5.74) is 0.781. The van der Waals surface area contributed by atoms with Gasteiger partial charge in [0.15, 0.2) is 0 Å². The van der Waals surface area contributed by atoms with Crippen molar-refractivity contribution in [2.75, 3.05) is 23.4 Å². The monoisotopic (exact) mass is 416 g/mol. The first-order chi connectivity index (χ1) is 11.2. The predicted octanol–water partition coefficient (Wildman–Crippen LogP) is 3.22. The Balaban J connectivity index is 2.29. The van der Waals surface area contributed by atoms with Crippen LogP contribution in [0.15, 0.2) is 40.9 Å².